The quantitative estimate of drug-likeness (QED) is 0.771. The van der Waals surface area contributed by atoms with Gasteiger partial charge < -0.3 is 4.98 Å². The van der Waals surface area contributed by atoms with Gasteiger partial charge in [0.05, 0.1) is 6.20 Å². The molecule has 0 saturated heterocycles. The predicted molar refractivity (Wildman–Crippen MR) is 60.4 cm³/mol. The van der Waals surface area contributed by atoms with Gasteiger partial charge in [0.1, 0.15) is 5.82 Å². The zero-order chi connectivity index (χ0) is 11.6. The molecule has 0 aromatic carbocycles. The smallest absolute Gasteiger partial charge is 0.257 e. The Morgan fingerprint density at radius 1 is 1.50 bits per heavy atom. The van der Waals surface area contributed by atoms with Gasteiger partial charge in [-0.3, -0.25) is 0 Å². The molecule has 0 fully saturated rings. The minimum atomic E-state index is -3.44. The molecule has 0 unspecified atom stereocenters. The van der Waals surface area contributed by atoms with Gasteiger partial charge in [-0.05, 0) is 12.8 Å². The summed E-state index contributed by atoms with van der Waals surface area (Å²) in [5.41, 5.74) is 0. The highest BCUT2D eigenvalue weighted by Gasteiger charge is 2.22. The number of hydrogen-bond acceptors (Lipinski definition) is 3. The SMILES string of the molecule is CCc1ncc(S(=O)(=O)NC2CC=CC2)[nH]1. The summed E-state index contributed by atoms with van der Waals surface area (Å²) >= 11 is 0. The van der Waals surface area contributed by atoms with Crippen LogP contribution in [0.15, 0.2) is 23.4 Å². The fourth-order valence-electron chi connectivity index (χ4n) is 1.66. The summed E-state index contributed by atoms with van der Waals surface area (Å²) in [6.07, 6.45) is 7.54. The largest absolute Gasteiger partial charge is 0.332 e. The van der Waals surface area contributed by atoms with Crippen LogP contribution < -0.4 is 4.72 Å². The number of aromatic nitrogens is 2. The lowest BCUT2D eigenvalue weighted by Crippen LogP contribution is -2.33. The van der Waals surface area contributed by atoms with Crippen molar-refractivity contribution < 1.29 is 8.42 Å². The van der Waals surface area contributed by atoms with Crippen molar-refractivity contribution >= 4 is 10.0 Å². The van der Waals surface area contributed by atoms with Gasteiger partial charge in [0.15, 0.2) is 5.03 Å². The van der Waals surface area contributed by atoms with Gasteiger partial charge in [-0.15, -0.1) is 0 Å². The van der Waals surface area contributed by atoms with Crippen molar-refractivity contribution in [1.29, 1.82) is 0 Å². The van der Waals surface area contributed by atoms with Crippen molar-refractivity contribution in [2.75, 3.05) is 0 Å². The zero-order valence-electron chi connectivity index (χ0n) is 9.10. The average molecular weight is 241 g/mol. The second-order valence-corrected chi connectivity index (χ2v) is 5.49. The van der Waals surface area contributed by atoms with E-state index in [2.05, 4.69) is 14.7 Å². The lowest BCUT2D eigenvalue weighted by molar-refractivity contribution is 0.554. The van der Waals surface area contributed by atoms with E-state index in [0.717, 1.165) is 12.8 Å². The van der Waals surface area contributed by atoms with Crippen molar-refractivity contribution in [2.24, 2.45) is 0 Å². The predicted octanol–water partition coefficient (Wildman–Crippen LogP) is 0.969. The molecule has 1 aromatic heterocycles. The fourth-order valence-corrected chi connectivity index (χ4v) is 2.86. The van der Waals surface area contributed by atoms with Crippen molar-refractivity contribution in [3.05, 3.63) is 24.2 Å². The van der Waals surface area contributed by atoms with Crippen LogP contribution >= 0.6 is 0 Å². The molecule has 0 aliphatic heterocycles. The van der Waals surface area contributed by atoms with Gasteiger partial charge in [-0.1, -0.05) is 19.1 Å². The van der Waals surface area contributed by atoms with Crippen LogP contribution in [0.25, 0.3) is 0 Å². The van der Waals surface area contributed by atoms with Crippen LogP contribution in [0.5, 0.6) is 0 Å². The highest BCUT2D eigenvalue weighted by molar-refractivity contribution is 7.89. The van der Waals surface area contributed by atoms with E-state index in [0.29, 0.717) is 12.2 Å². The van der Waals surface area contributed by atoms with Gasteiger partial charge >= 0.3 is 0 Å². The molecule has 5 nitrogen and oxygen atoms in total. The summed E-state index contributed by atoms with van der Waals surface area (Å²) < 4.78 is 26.5. The number of imidazole rings is 1. The van der Waals surface area contributed by atoms with Crippen LogP contribution in [-0.4, -0.2) is 24.4 Å². The first-order valence-corrected chi connectivity index (χ1v) is 6.81. The molecule has 2 N–H and O–H groups in total. The van der Waals surface area contributed by atoms with E-state index < -0.39 is 10.0 Å². The van der Waals surface area contributed by atoms with E-state index in [1.165, 1.54) is 6.20 Å². The summed E-state index contributed by atoms with van der Waals surface area (Å²) in [7, 11) is -3.44. The van der Waals surface area contributed by atoms with Crippen LogP contribution in [0.4, 0.5) is 0 Å². The third-order valence-electron chi connectivity index (χ3n) is 2.56. The number of nitrogens with zero attached hydrogens (tertiary/aromatic N) is 1. The molecule has 1 aromatic rings. The topological polar surface area (TPSA) is 74.8 Å². The Morgan fingerprint density at radius 2 is 2.19 bits per heavy atom. The zero-order valence-corrected chi connectivity index (χ0v) is 9.92. The van der Waals surface area contributed by atoms with Crippen LogP contribution in [-0.2, 0) is 16.4 Å². The molecule has 6 heteroatoms. The molecular formula is C10H15N3O2S. The minimum absolute atomic E-state index is 0.0154. The van der Waals surface area contributed by atoms with Crippen LogP contribution in [0.3, 0.4) is 0 Å². The van der Waals surface area contributed by atoms with Crippen LogP contribution in [0.2, 0.25) is 0 Å². The van der Waals surface area contributed by atoms with Gasteiger partial charge in [-0.25, -0.2) is 18.1 Å². The summed E-state index contributed by atoms with van der Waals surface area (Å²) in [5.74, 6) is 0.685. The van der Waals surface area contributed by atoms with E-state index in [1.54, 1.807) is 0 Å². The maximum Gasteiger partial charge on any atom is 0.257 e. The number of rotatable bonds is 4. The Labute approximate surface area is 95.0 Å². The molecule has 0 saturated carbocycles. The molecular weight excluding hydrogens is 226 g/mol. The van der Waals surface area contributed by atoms with Crippen molar-refractivity contribution in [2.45, 2.75) is 37.3 Å². The first kappa shape index (κ1) is 11.3. The number of H-pyrrole nitrogens is 1. The third-order valence-corrected chi connectivity index (χ3v) is 3.99. The van der Waals surface area contributed by atoms with E-state index in [9.17, 15) is 8.42 Å². The molecule has 0 radical (unpaired) electrons. The van der Waals surface area contributed by atoms with Crippen LogP contribution in [0, 0.1) is 0 Å². The standard InChI is InChI=1S/C10H15N3O2S/c1-2-9-11-7-10(12-9)16(14,15)13-8-5-3-4-6-8/h3-4,7-8,13H,2,5-6H2,1H3,(H,11,12). The summed E-state index contributed by atoms with van der Waals surface area (Å²) in [5, 5.41) is 0.149. The molecule has 0 spiro atoms. The second kappa shape index (κ2) is 4.39. The Kier molecular flexibility index (Phi) is 3.11. The van der Waals surface area contributed by atoms with E-state index in [4.69, 9.17) is 0 Å². The van der Waals surface area contributed by atoms with Crippen LogP contribution in [0.1, 0.15) is 25.6 Å². The Balaban J connectivity index is 2.11. The average Bonchev–Trinajstić information content (AvgIpc) is 2.85. The Morgan fingerprint density at radius 3 is 2.75 bits per heavy atom. The monoisotopic (exact) mass is 241 g/mol. The first-order valence-electron chi connectivity index (χ1n) is 5.33. The first-order chi connectivity index (χ1) is 7.62. The molecule has 1 heterocycles. The minimum Gasteiger partial charge on any atom is -0.332 e. The molecule has 0 atom stereocenters. The van der Waals surface area contributed by atoms with Crippen molar-refractivity contribution in [1.82, 2.24) is 14.7 Å². The summed E-state index contributed by atoms with van der Waals surface area (Å²) in [6, 6.07) is -0.0154. The third kappa shape index (κ3) is 2.33. The highest BCUT2D eigenvalue weighted by Crippen LogP contribution is 2.13. The Bertz CT molecular complexity index is 482. The van der Waals surface area contributed by atoms with Gasteiger partial charge in [0.25, 0.3) is 10.0 Å². The number of nitrogens with one attached hydrogen (secondary N) is 2. The van der Waals surface area contributed by atoms with Gasteiger partial charge in [-0.2, -0.15) is 0 Å². The second-order valence-electron chi connectivity index (χ2n) is 3.81. The summed E-state index contributed by atoms with van der Waals surface area (Å²) in [6.45, 7) is 1.92. The maximum atomic E-state index is 11.9. The molecule has 0 bridgehead atoms. The molecule has 16 heavy (non-hydrogen) atoms. The van der Waals surface area contributed by atoms with E-state index in [1.807, 2.05) is 19.1 Å². The van der Waals surface area contributed by atoms with Crippen molar-refractivity contribution in [3.8, 4) is 0 Å². The highest BCUT2D eigenvalue weighted by atomic mass is 32.2. The maximum absolute atomic E-state index is 11.9. The van der Waals surface area contributed by atoms with Crippen molar-refractivity contribution in [3.63, 3.8) is 0 Å². The molecule has 1 aliphatic rings. The molecule has 1 aliphatic carbocycles. The lowest BCUT2D eigenvalue weighted by atomic mass is 10.3. The normalized spacial score (nSPS) is 17.1. The Hall–Kier alpha value is -1.14. The lowest BCUT2D eigenvalue weighted by Gasteiger charge is -2.10. The fraction of sp³-hybridized carbons (Fsp3) is 0.500. The van der Waals surface area contributed by atoms with E-state index in [-0.39, 0.29) is 11.1 Å². The molecule has 88 valence electrons. The van der Waals surface area contributed by atoms with Gasteiger partial charge in [0, 0.05) is 12.5 Å². The van der Waals surface area contributed by atoms with Gasteiger partial charge in [0.2, 0.25) is 0 Å². The molecule has 2 rings (SSSR count). The number of hydrogen-bond donors (Lipinski definition) is 2. The number of aryl methyl sites for hydroxylation is 1. The summed E-state index contributed by atoms with van der Waals surface area (Å²) in [4.78, 5) is 6.78. The number of aromatic amines is 1. The number of sulfonamides is 1. The van der Waals surface area contributed by atoms with E-state index >= 15 is 0 Å². The molecule has 0 amide bonds.